The first kappa shape index (κ1) is 25.9. The molecule has 5 heteroatoms. The fourth-order valence-corrected chi connectivity index (χ4v) is 3.93. The zero-order chi connectivity index (χ0) is 25.7. The van der Waals surface area contributed by atoms with E-state index in [1.165, 1.54) is 23.5 Å². The van der Waals surface area contributed by atoms with E-state index < -0.39 is 5.43 Å². The number of aromatic hydroxyl groups is 3. The molecular formula is C30H34O5. The summed E-state index contributed by atoms with van der Waals surface area (Å²) in [4.78, 5) is 13.3. The molecule has 0 aliphatic carbocycles. The monoisotopic (exact) mass is 474 g/mol. The number of phenolic OH excluding ortho intramolecular Hbond substituents is 3. The number of benzene rings is 2. The predicted octanol–water partition coefficient (Wildman–Crippen LogP) is 7.32. The number of allylic oxidation sites excluding steroid dienone is 6. The molecule has 1 aromatic heterocycles. The highest BCUT2D eigenvalue weighted by molar-refractivity contribution is 5.88. The maximum atomic E-state index is 13.3. The summed E-state index contributed by atoms with van der Waals surface area (Å²) in [7, 11) is 0. The summed E-state index contributed by atoms with van der Waals surface area (Å²) in [5, 5.41) is 31.0. The van der Waals surface area contributed by atoms with Gasteiger partial charge in [-0.25, -0.2) is 0 Å². The summed E-state index contributed by atoms with van der Waals surface area (Å²) in [5.41, 5.74) is 5.67. The van der Waals surface area contributed by atoms with Gasteiger partial charge < -0.3 is 19.7 Å². The summed E-state index contributed by atoms with van der Waals surface area (Å²) in [6.45, 7) is 10.2. The first-order chi connectivity index (χ1) is 16.6. The lowest BCUT2D eigenvalue weighted by atomic mass is 9.94. The van der Waals surface area contributed by atoms with Gasteiger partial charge in [0.25, 0.3) is 0 Å². The van der Waals surface area contributed by atoms with Gasteiger partial charge in [-0.3, -0.25) is 4.79 Å². The van der Waals surface area contributed by atoms with Crippen molar-refractivity contribution in [3.05, 3.63) is 86.8 Å². The Kier molecular flexibility index (Phi) is 8.23. The topological polar surface area (TPSA) is 90.9 Å². The largest absolute Gasteiger partial charge is 0.508 e. The van der Waals surface area contributed by atoms with Crippen molar-refractivity contribution in [2.24, 2.45) is 0 Å². The molecule has 0 saturated heterocycles. The lowest BCUT2D eigenvalue weighted by molar-refractivity contribution is 0.452. The minimum Gasteiger partial charge on any atom is -0.508 e. The molecule has 0 aliphatic heterocycles. The molecule has 0 spiro atoms. The third-order valence-electron chi connectivity index (χ3n) is 5.91. The summed E-state index contributed by atoms with van der Waals surface area (Å²) >= 11 is 0. The maximum absolute atomic E-state index is 13.3. The van der Waals surface area contributed by atoms with Gasteiger partial charge in [0, 0.05) is 12.1 Å². The minimum atomic E-state index is -0.401. The SMILES string of the molecule is CC(C)=CCCC(C)=CCc1cc(-c2coc3cc(O)cc(O)c3c2=O)cc(CC=C(C)C)c1O. The Bertz CT molecular complexity index is 1380. The average molecular weight is 475 g/mol. The average Bonchev–Trinajstić information content (AvgIpc) is 2.77. The molecule has 0 unspecified atom stereocenters. The fourth-order valence-electron chi connectivity index (χ4n) is 3.93. The first-order valence-corrected chi connectivity index (χ1v) is 11.8. The summed E-state index contributed by atoms with van der Waals surface area (Å²) in [6, 6.07) is 6.01. The number of hydrogen-bond donors (Lipinski definition) is 3. The van der Waals surface area contributed by atoms with Crippen LogP contribution in [-0.4, -0.2) is 15.3 Å². The van der Waals surface area contributed by atoms with E-state index in [1.54, 1.807) is 12.1 Å². The van der Waals surface area contributed by atoms with E-state index in [0.717, 1.165) is 30.0 Å². The third kappa shape index (κ3) is 6.44. The maximum Gasteiger partial charge on any atom is 0.204 e. The van der Waals surface area contributed by atoms with E-state index in [9.17, 15) is 20.1 Å². The molecule has 2 aromatic carbocycles. The van der Waals surface area contributed by atoms with Crippen LogP contribution in [0.1, 0.15) is 58.6 Å². The van der Waals surface area contributed by atoms with Crippen molar-refractivity contribution >= 4 is 11.0 Å². The van der Waals surface area contributed by atoms with E-state index in [2.05, 4.69) is 32.9 Å². The van der Waals surface area contributed by atoms with Gasteiger partial charge in [-0.2, -0.15) is 0 Å². The van der Waals surface area contributed by atoms with E-state index in [4.69, 9.17) is 4.42 Å². The molecule has 184 valence electrons. The van der Waals surface area contributed by atoms with Crippen LogP contribution in [0.3, 0.4) is 0 Å². The Morgan fingerprint density at radius 3 is 2.11 bits per heavy atom. The van der Waals surface area contributed by atoms with Gasteiger partial charge in [0.1, 0.15) is 34.5 Å². The zero-order valence-corrected chi connectivity index (χ0v) is 21.1. The van der Waals surface area contributed by atoms with Crippen LogP contribution in [-0.2, 0) is 12.8 Å². The third-order valence-corrected chi connectivity index (χ3v) is 5.91. The second-order valence-corrected chi connectivity index (χ2v) is 9.52. The molecule has 3 rings (SSSR count). The van der Waals surface area contributed by atoms with Crippen LogP contribution in [0.25, 0.3) is 22.1 Å². The quantitative estimate of drug-likeness (QED) is 0.298. The zero-order valence-electron chi connectivity index (χ0n) is 21.1. The molecule has 0 saturated carbocycles. The number of fused-ring (bicyclic) bond motifs is 1. The summed E-state index contributed by atoms with van der Waals surface area (Å²) in [5.74, 6) is -0.305. The molecule has 1 heterocycles. The molecule has 0 aliphatic rings. The molecule has 3 N–H and O–H groups in total. The van der Waals surface area contributed by atoms with Crippen LogP contribution in [0, 0.1) is 0 Å². The Hall–Kier alpha value is -3.73. The standard InChI is InChI=1S/C30H34O5/c1-18(2)7-6-8-20(5)10-12-22-14-23(13-21(29(22)33)11-9-19(3)4)25-17-35-27-16-24(31)15-26(32)28(27)30(25)34/h7,9-10,13-17,31-33H,6,8,11-12H2,1-5H3. The Morgan fingerprint density at radius 1 is 0.857 bits per heavy atom. The van der Waals surface area contributed by atoms with Crippen molar-refractivity contribution in [2.45, 2.75) is 60.3 Å². The highest BCUT2D eigenvalue weighted by Gasteiger charge is 2.17. The van der Waals surface area contributed by atoms with Gasteiger partial charge in [-0.1, -0.05) is 34.9 Å². The van der Waals surface area contributed by atoms with Crippen molar-refractivity contribution < 1.29 is 19.7 Å². The van der Waals surface area contributed by atoms with Crippen molar-refractivity contribution in [2.75, 3.05) is 0 Å². The Labute approximate surface area is 206 Å². The van der Waals surface area contributed by atoms with Gasteiger partial charge in [0.15, 0.2) is 0 Å². The van der Waals surface area contributed by atoms with Crippen LogP contribution in [0.15, 0.2) is 74.7 Å². The van der Waals surface area contributed by atoms with Crippen LogP contribution in [0.5, 0.6) is 17.2 Å². The molecule has 0 bridgehead atoms. The lowest BCUT2D eigenvalue weighted by Crippen LogP contribution is -2.06. The van der Waals surface area contributed by atoms with Crippen molar-refractivity contribution in [3.8, 4) is 28.4 Å². The molecule has 0 fully saturated rings. The normalized spacial score (nSPS) is 11.5. The molecule has 0 amide bonds. The first-order valence-electron chi connectivity index (χ1n) is 11.8. The van der Waals surface area contributed by atoms with Gasteiger partial charge >= 0.3 is 0 Å². The molecular weight excluding hydrogens is 440 g/mol. The van der Waals surface area contributed by atoms with Crippen molar-refractivity contribution in [1.82, 2.24) is 0 Å². The van der Waals surface area contributed by atoms with Crippen LogP contribution < -0.4 is 5.43 Å². The van der Waals surface area contributed by atoms with Gasteiger partial charge in [0.2, 0.25) is 5.43 Å². The molecule has 35 heavy (non-hydrogen) atoms. The van der Waals surface area contributed by atoms with Crippen LogP contribution in [0.2, 0.25) is 0 Å². The van der Waals surface area contributed by atoms with Crippen LogP contribution in [0.4, 0.5) is 0 Å². The number of rotatable bonds is 8. The van der Waals surface area contributed by atoms with E-state index in [-0.39, 0.29) is 33.8 Å². The summed E-state index contributed by atoms with van der Waals surface area (Å²) < 4.78 is 5.60. The molecule has 0 radical (unpaired) electrons. The Morgan fingerprint density at radius 2 is 1.49 bits per heavy atom. The molecule has 3 aromatic rings. The van der Waals surface area contributed by atoms with E-state index in [1.807, 2.05) is 19.9 Å². The van der Waals surface area contributed by atoms with Gasteiger partial charge in [0.05, 0.1) is 5.56 Å². The number of phenols is 3. The van der Waals surface area contributed by atoms with E-state index >= 15 is 0 Å². The number of hydrogen-bond acceptors (Lipinski definition) is 5. The summed E-state index contributed by atoms with van der Waals surface area (Å²) in [6.07, 6.45) is 10.7. The molecule has 5 nitrogen and oxygen atoms in total. The highest BCUT2D eigenvalue weighted by atomic mass is 16.3. The fraction of sp³-hybridized carbons (Fsp3) is 0.300. The highest BCUT2D eigenvalue weighted by Crippen LogP contribution is 2.33. The Balaban J connectivity index is 2.09. The van der Waals surface area contributed by atoms with E-state index in [0.29, 0.717) is 24.0 Å². The predicted molar refractivity (Wildman–Crippen MR) is 142 cm³/mol. The second-order valence-electron chi connectivity index (χ2n) is 9.52. The lowest BCUT2D eigenvalue weighted by Gasteiger charge is -2.13. The van der Waals surface area contributed by atoms with Crippen molar-refractivity contribution in [1.29, 1.82) is 0 Å². The molecule has 0 atom stereocenters. The van der Waals surface area contributed by atoms with Gasteiger partial charge in [-0.15, -0.1) is 0 Å². The van der Waals surface area contributed by atoms with Crippen molar-refractivity contribution in [3.63, 3.8) is 0 Å². The smallest absolute Gasteiger partial charge is 0.204 e. The van der Waals surface area contributed by atoms with Gasteiger partial charge in [-0.05, 0) is 89.1 Å². The van der Waals surface area contributed by atoms with Crippen LogP contribution >= 0.6 is 0 Å². The second kappa shape index (κ2) is 11.1. The minimum absolute atomic E-state index is 0.00999.